The highest BCUT2D eigenvalue weighted by atomic mass is 32.2. The number of fused-ring (bicyclic) bond motifs is 3. The van der Waals surface area contributed by atoms with Crippen LogP contribution in [-0.2, 0) is 25.7 Å². The van der Waals surface area contributed by atoms with Crippen LogP contribution < -0.4 is 9.47 Å². The zero-order chi connectivity index (χ0) is 18.8. The van der Waals surface area contributed by atoms with Gasteiger partial charge in [-0.05, 0) is 29.8 Å². The lowest BCUT2D eigenvalue weighted by molar-refractivity contribution is -0.144. The van der Waals surface area contributed by atoms with Crippen molar-refractivity contribution in [2.75, 3.05) is 20.0 Å². The van der Waals surface area contributed by atoms with Gasteiger partial charge in [-0.2, -0.15) is 0 Å². The van der Waals surface area contributed by atoms with Crippen molar-refractivity contribution in [2.24, 2.45) is 0 Å². The third-order valence-electron chi connectivity index (χ3n) is 3.29. The van der Waals surface area contributed by atoms with Crippen LogP contribution in [0.15, 0.2) is 54.6 Å². The summed E-state index contributed by atoms with van der Waals surface area (Å²) in [5, 5.41) is 0. The smallest absolute Gasteiger partial charge is 0.357 e. The lowest BCUT2D eigenvalue weighted by Crippen LogP contribution is -2.26. The summed E-state index contributed by atoms with van der Waals surface area (Å²) in [5.41, 5.74) is 0.372. The number of rotatable bonds is 6. The van der Waals surface area contributed by atoms with E-state index in [0.717, 1.165) is 24.1 Å². The number of hydrogen-bond acceptors (Lipinski definition) is 7. The lowest BCUT2D eigenvalue weighted by Gasteiger charge is -2.15. The van der Waals surface area contributed by atoms with Gasteiger partial charge in [-0.25, -0.2) is 4.79 Å². The van der Waals surface area contributed by atoms with Gasteiger partial charge < -0.3 is 18.9 Å². The van der Waals surface area contributed by atoms with Gasteiger partial charge in [-0.15, -0.1) is 0 Å². The molecule has 26 heavy (non-hydrogen) atoms. The van der Waals surface area contributed by atoms with E-state index in [1.54, 1.807) is 24.3 Å². The minimum absolute atomic E-state index is 0.0170. The fourth-order valence-corrected chi connectivity index (χ4v) is 2.74. The van der Waals surface area contributed by atoms with Crippen molar-refractivity contribution in [1.29, 1.82) is 0 Å². The standard InChI is InChI=1S/C12H14O5S.C7H6O/c1-15-10(13)8-18-12(11(14)16-2)17-9-6-4-3-5-7-9;1-3-7-4-2-6(1)5-8-7/h3-7,12H,8H2,1-2H3;1-4H,5H2. The second-order valence-electron chi connectivity index (χ2n) is 5.11. The SMILES string of the molecule is COC(=O)CSC(Oc1ccccc1)C(=O)OC.c1cc2ccc1CO2. The third kappa shape index (κ3) is 6.33. The Morgan fingerprint density at radius 3 is 2.15 bits per heavy atom. The third-order valence-corrected chi connectivity index (χ3v) is 4.28. The number of para-hydroxylation sites is 1. The molecule has 1 unspecified atom stereocenters. The molecule has 6 nitrogen and oxygen atoms in total. The molecule has 138 valence electrons. The minimum atomic E-state index is -0.892. The van der Waals surface area contributed by atoms with Crippen LogP contribution in [-0.4, -0.2) is 37.3 Å². The van der Waals surface area contributed by atoms with Crippen LogP contribution in [0, 0.1) is 0 Å². The first kappa shape index (κ1) is 19.7. The van der Waals surface area contributed by atoms with Gasteiger partial charge in [0.25, 0.3) is 0 Å². The quantitative estimate of drug-likeness (QED) is 0.567. The Labute approximate surface area is 156 Å². The van der Waals surface area contributed by atoms with Gasteiger partial charge in [0.15, 0.2) is 0 Å². The van der Waals surface area contributed by atoms with Crippen LogP contribution in [0.3, 0.4) is 0 Å². The molecular formula is C19H20O6S. The second-order valence-corrected chi connectivity index (χ2v) is 6.16. The van der Waals surface area contributed by atoms with Gasteiger partial charge in [0.1, 0.15) is 18.1 Å². The van der Waals surface area contributed by atoms with E-state index >= 15 is 0 Å². The largest absolute Gasteiger partial charge is 0.489 e. The van der Waals surface area contributed by atoms with Crippen molar-refractivity contribution in [2.45, 2.75) is 12.0 Å². The maximum absolute atomic E-state index is 11.5. The van der Waals surface area contributed by atoms with Crippen molar-refractivity contribution in [3.8, 4) is 11.5 Å². The summed E-state index contributed by atoms with van der Waals surface area (Å²) in [6.45, 7) is 0.766. The molecule has 0 fully saturated rings. The summed E-state index contributed by atoms with van der Waals surface area (Å²) >= 11 is 1.01. The Morgan fingerprint density at radius 1 is 1.04 bits per heavy atom. The van der Waals surface area contributed by atoms with E-state index in [2.05, 4.69) is 21.6 Å². The molecule has 2 aliphatic heterocycles. The van der Waals surface area contributed by atoms with E-state index in [9.17, 15) is 9.59 Å². The number of methoxy groups -OCH3 is 2. The molecule has 0 aliphatic carbocycles. The first-order valence-corrected chi connectivity index (χ1v) is 8.87. The van der Waals surface area contributed by atoms with Crippen LogP contribution in [0.25, 0.3) is 0 Å². The highest BCUT2D eigenvalue weighted by Gasteiger charge is 2.23. The predicted octanol–water partition coefficient (Wildman–Crippen LogP) is 3.05. The van der Waals surface area contributed by atoms with E-state index in [1.165, 1.54) is 19.8 Å². The maximum Gasteiger partial charge on any atom is 0.357 e. The fraction of sp³-hybridized carbons (Fsp3) is 0.263. The molecule has 2 aromatic carbocycles. The normalized spacial score (nSPS) is 12.1. The van der Waals surface area contributed by atoms with Crippen LogP contribution in [0.5, 0.6) is 11.5 Å². The summed E-state index contributed by atoms with van der Waals surface area (Å²) in [4.78, 5) is 22.5. The number of benzene rings is 2. The molecule has 1 atom stereocenters. The van der Waals surface area contributed by atoms with E-state index in [-0.39, 0.29) is 5.75 Å². The molecule has 2 heterocycles. The number of hydrogen-bond donors (Lipinski definition) is 0. The number of carbonyl (C=O) groups is 2. The molecule has 0 saturated carbocycles. The summed E-state index contributed by atoms with van der Waals surface area (Å²) in [6, 6.07) is 17.0. The second kappa shape index (κ2) is 10.4. The molecule has 0 radical (unpaired) electrons. The van der Waals surface area contributed by atoms with Gasteiger partial charge >= 0.3 is 11.9 Å². The van der Waals surface area contributed by atoms with E-state index in [0.29, 0.717) is 5.75 Å². The Kier molecular flexibility index (Phi) is 7.82. The molecule has 0 spiro atoms. The van der Waals surface area contributed by atoms with Gasteiger partial charge in [-0.3, -0.25) is 4.79 Å². The molecule has 2 bridgehead atoms. The first-order valence-electron chi connectivity index (χ1n) is 7.82. The van der Waals surface area contributed by atoms with Crippen LogP contribution >= 0.6 is 11.8 Å². The van der Waals surface area contributed by atoms with E-state index < -0.39 is 17.4 Å². The van der Waals surface area contributed by atoms with Crippen molar-refractivity contribution in [3.05, 3.63) is 60.2 Å². The molecule has 0 aromatic heterocycles. The first-order chi connectivity index (χ1) is 12.6. The molecule has 2 aromatic rings. The van der Waals surface area contributed by atoms with Crippen molar-refractivity contribution in [3.63, 3.8) is 0 Å². The van der Waals surface area contributed by atoms with Gasteiger partial charge in [0, 0.05) is 0 Å². The highest BCUT2D eigenvalue weighted by Crippen LogP contribution is 2.20. The van der Waals surface area contributed by atoms with Crippen molar-refractivity contribution >= 4 is 23.7 Å². The van der Waals surface area contributed by atoms with E-state index in [1.807, 2.05) is 18.2 Å². The molecule has 0 N–H and O–H groups in total. The van der Waals surface area contributed by atoms with Crippen LogP contribution in [0.2, 0.25) is 0 Å². The Bertz CT molecular complexity index is 679. The molecule has 2 aliphatic rings. The molecule has 0 saturated heterocycles. The van der Waals surface area contributed by atoms with Crippen LogP contribution in [0.1, 0.15) is 5.56 Å². The summed E-state index contributed by atoms with van der Waals surface area (Å²) in [5.74, 6) is 0.562. The average Bonchev–Trinajstić information content (AvgIpc) is 2.73. The Morgan fingerprint density at radius 2 is 1.73 bits per heavy atom. The molecular weight excluding hydrogens is 356 g/mol. The van der Waals surface area contributed by atoms with Crippen LogP contribution in [0.4, 0.5) is 0 Å². The zero-order valence-electron chi connectivity index (χ0n) is 14.5. The average molecular weight is 376 g/mol. The summed E-state index contributed by atoms with van der Waals surface area (Å²) in [7, 11) is 2.55. The topological polar surface area (TPSA) is 71.1 Å². The summed E-state index contributed by atoms with van der Waals surface area (Å²) < 4.78 is 19.7. The monoisotopic (exact) mass is 376 g/mol. The lowest BCUT2D eigenvalue weighted by atomic mass is 10.2. The van der Waals surface area contributed by atoms with E-state index in [4.69, 9.17) is 9.47 Å². The fourth-order valence-electron chi connectivity index (χ4n) is 1.92. The Balaban J connectivity index is 0.000000247. The summed E-state index contributed by atoms with van der Waals surface area (Å²) in [6.07, 6.45) is 0. The zero-order valence-corrected chi connectivity index (χ0v) is 15.4. The maximum atomic E-state index is 11.5. The molecule has 7 heteroatoms. The Hall–Kier alpha value is -2.67. The van der Waals surface area contributed by atoms with Gasteiger partial charge in [0.05, 0.1) is 20.0 Å². The van der Waals surface area contributed by atoms with Gasteiger partial charge in [-0.1, -0.05) is 42.1 Å². The van der Waals surface area contributed by atoms with Crippen molar-refractivity contribution < 1.29 is 28.5 Å². The number of thioether (sulfide) groups is 1. The predicted molar refractivity (Wildman–Crippen MR) is 98.1 cm³/mol. The number of esters is 2. The highest BCUT2D eigenvalue weighted by molar-refractivity contribution is 8.01. The van der Waals surface area contributed by atoms with Gasteiger partial charge in [0.2, 0.25) is 5.44 Å². The molecule has 4 rings (SSSR count). The number of carbonyl (C=O) groups excluding carboxylic acids is 2. The molecule has 0 amide bonds. The number of ether oxygens (including phenoxy) is 4. The van der Waals surface area contributed by atoms with Crippen molar-refractivity contribution in [1.82, 2.24) is 0 Å². The minimum Gasteiger partial charge on any atom is -0.489 e.